The number of carboxylic acid groups (broad SMARTS) is 2. The molecule has 1 aliphatic heterocycles. The lowest BCUT2D eigenvalue weighted by atomic mass is 9.97. The largest absolute Gasteiger partial charge is 0.481 e. The number of carbonyl (C=O) groups is 3. The Morgan fingerprint density at radius 3 is 2.15 bits per heavy atom. The maximum atomic E-state index is 12.3. The highest BCUT2D eigenvalue weighted by atomic mass is 35.5. The molecule has 8 heteroatoms. The summed E-state index contributed by atoms with van der Waals surface area (Å²) in [4.78, 5) is 36.6. The predicted octanol–water partition coefficient (Wildman–Crippen LogP) is 1.40. The van der Waals surface area contributed by atoms with Crippen molar-refractivity contribution in [2.75, 3.05) is 13.1 Å². The summed E-state index contributed by atoms with van der Waals surface area (Å²) < 4.78 is 0. The number of nitrogens with zero attached hydrogens (tertiary/aromatic N) is 1. The Bertz CT molecular complexity index is 616. The zero-order valence-corrected chi connectivity index (χ0v) is 11.7. The first-order valence-electron chi connectivity index (χ1n) is 5.83. The molecular formula is C12H10ClNO5S. The number of thiophene rings is 1. The van der Waals surface area contributed by atoms with E-state index in [0.717, 1.165) is 11.3 Å². The molecule has 0 unspecified atom stereocenters. The van der Waals surface area contributed by atoms with Gasteiger partial charge in [-0.05, 0) is 17.9 Å². The second kappa shape index (κ2) is 3.95. The summed E-state index contributed by atoms with van der Waals surface area (Å²) in [5.74, 6) is -2.72. The van der Waals surface area contributed by atoms with Crippen LogP contribution in [0.2, 0.25) is 5.02 Å². The van der Waals surface area contributed by atoms with Crippen molar-refractivity contribution in [2.45, 2.75) is 6.42 Å². The number of carboxylic acids is 2. The van der Waals surface area contributed by atoms with Crippen molar-refractivity contribution in [3.63, 3.8) is 0 Å². The van der Waals surface area contributed by atoms with Gasteiger partial charge in [0.25, 0.3) is 5.91 Å². The molecular weight excluding hydrogens is 306 g/mol. The van der Waals surface area contributed by atoms with Gasteiger partial charge >= 0.3 is 11.9 Å². The molecule has 6 nitrogen and oxygen atoms in total. The number of aliphatic carboxylic acids is 2. The number of amides is 1. The topological polar surface area (TPSA) is 94.9 Å². The van der Waals surface area contributed by atoms with Crippen molar-refractivity contribution in [1.29, 1.82) is 0 Å². The van der Waals surface area contributed by atoms with Crippen LogP contribution >= 0.6 is 22.9 Å². The van der Waals surface area contributed by atoms with Gasteiger partial charge in [-0.1, -0.05) is 11.6 Å². The molecule has 106 valence electrons. The zero-order chi connectivity index (χ0) is 14.7. The molecule has 20 heavy (non-hydrogen) atoms. The van der Waals surface area contributed by atoms with Gasteiger partial charge in [0.15, 0.2) is 0 Å². The summed E-state index contributed by atoms with van der Waals surface area (Å²) in [5, 5.41) is 20.5. The first-order chi connectivity index (χ1) is 9.34. The van der Waals surface area contributed by atoms with Gasteiger partial charge in [-0.2, -0.15) is 0 Å². The number of hydrogen-bond acceptors (Lipinski definition) is 4. The zero-order valence-electron chi connectivity index (χ0n) is 10.1. The molecule has 1 saturated heterocycles. The van der Waals surface area contributed by atoms with E-state index in [0.29, 0.717) is 9.90 Å². The standard InChI is InChI=1S/C12H10ClNO5S/c13-6-1-2-20-7(6)8(15)14-4-11(9(16)17)3-12(11,5-14)10(18)19/h1-2H,3-5H2,(H,16,17)(H,18,19)/t11-,12+. The van der Waals surface area contributed by atoms with Gasteiger partial charge in [0.2, 0.25) is 0 Å². The smallest absolute Gasteiger partial charge is 0.312 e. The molecule has 2 fully saturated rings. The number of likely N-dealkylation sites (tertiary alicyclic amines) is 1. The lowest BCUT2D eigenvalue weighted by Gasteiger charge is -2.19. The Morgan fingerprint density at radius 1 is 1.20 bits per heavy atom. The fraction of sp³-hybridized carbons (Fsp3) is 0.417. The molecule has 2 heterocycles. The summed E-state index contributed by atoms with van der Waals surface area (Å²) in [6, 6.07) is 1.58. The van der Waals surface area contributed by atoms with Gasteiger partial charge in [0, 0.05) is 13.1 Å². The number of halogens is 1. The Hall–Kier alpha value is -1.60. The SMILES string of the molecule is O=C(c1sccc1Cl)N1C[C@@]2(C(=O)O)C[C@@]2(C(=O)O)C1. The Morgan fingerprint density at radius 2 is 1.75 bits per heavy atom. The molecule has 0 aromatic carbocycles. The van der Waals surface area contributed by atoms with E-state index in [1.165, 1.54) is 4.90 Å². The lowest BCUT2D eigenvalue weighted by molar-refractivity contribution is -0.151. The van der Waals surface area contributed by atoms with Gasteiger partial charge < -0.3 is 15.1 Å². The van der Waals surface area contributed by atoms with Gasteiger partial charge in [-0.25, -0.2) is 0 Å². The van der Waals surface area contributed by atoms with Gasteiger partial charge in [-0.3, -0.25) is 14.4 Å². The van der Waals surface area contributed by atoms with Crippen LogP contribution in [-0.4, -0.2) is 46.0 Å². The van der Waals surface area contributed by atoms with E-state index < -0.39 is 28.7 Å². The highest BCUT2D eigenvalue weighted by molar-refractivity contribution is 7.12. The average Bonchev–Trinajstić information content (AvgIpc) is 2.70. The lowest BCUT2D eigenvalue weighted by Crippen LogP contribution is -2.34. The van der Waals surface area contributed by atoms with E-state index in [-0.39, 0.29) is 19.5 Å². The quantitative estimate of drug-likeness (QED) is 0.879. The Labute approximate surface area is 122 Å². The Kier molecular flexibility index (Phi) is 2.65. The molecule has 2 atom stereocenters. The highest BCUT2D eigenvalue weighted by Gasteiger charge is 2.81. The van der Waals surface area contributed by atoms with Crippen molar-refractivity contribution in [3.8, 4) is 0 Å². The molecule has 2 aliphatic rings. The predicted molar refractivity (Wildman–Crippen MR) is 70.0 cm³/mol. The summed E-state index contributed by atoms with van der Waals surface area (Å²) in [5.41, 5.74) is -2.70. The molecule has 2 N–H and O–H groups in total. The molecule has 3 rings (SSSR count). The molecule has 1 saturated carbocycles. The van der Waals surface area contributed by atoms with Gasteiger partial charge in [-0.15, -0.1) is 11.3 Å². The molecule has 0 radical (unpaired) electrons. The van der Waals surface area contributed by atoms with Crippen molar-refractivity contribution >= 4 is 40.8 Å². The van der Waals surface area contributed by atoms with Crippen LogP contribution in [0, 0.1) is 10.8 Å². The third kappa shape index (κ3) is 1.47. The van der Waals surface area contributed by atoms with Crippen molar-refractivity contribution in [3.05, 3.63) is 21.3 Å². The summed E-state index contributed by atoms with van der Waals surface area (Å²) >= 11 is 7.04. The van der Waals surface area contributed by atoms with E-state index in [9.17, 15) is 24.6 Å². The molecule has 0 spiro atoms. The molecule has 0 bridgehead atoms. The van der Waals surface area contributed by atoms with Crippen LogP contribution in [0.1, 0.15) is 16.1 Å². The molecule has 1 aromatic heterocycles. The summed E-state index contributed by atoms with van der Waals surface area (Å²) in [6.07, 6.45) is 0.0760. The first kappa shape index (κ1) is 13.4. The van der Waals surface area contributed by atoms with Crippen molar-refractivity contribution < 1.29 is 24.6 Å². The fourth-order valence-electron chi connectivity index (χ4n) is 3.02. The minimum Gasteiger partial charge on any atom is -0.481 e. The number of rotatable bonds is 3. The monoisotopic (exact) mass is 315 g/mol. The highest BCUT2D eigenvalue weighted by Crippen LogP contribution is 2.68. The minimum absolute atomic E-state index is 0.0760. The molecule has 1 aromatic rings. The van der Waals surface area contributed by atoms with Crippen molar-refractivity contribution in [2.24, 2.45) is 10.8 Å². The van der Waals surface area contributed by atoms with E-state index in [1.54, 1.807) is 11.4 Å². The van der Waals surface area contributed by atoms with E-state index in [1.807, 2.05) is 0 Å². The second-order valence-electron chi connectivity index (χ2n) is 5.21. The summed E-state index contributed by atoms with van der Waals surface area (Å²) in [6.45, 7) is -0.163. The maximum absolute atomic E-state index is 12.3. The number of fused-ring (bicyclic) bond motifs is 1. The second-order valence-corrected chi connectivity index (χ2v) is 6.53. The Balaban J connectivity index is 1.90. The van der Waals surface area contributed by atoms with Crippen LogP contribution in [0.5, 0.6) is 0 Å². The molecule has 1 aliphatic carbocycles. The van der Waals surface area contributed by atoms with Crippen LogP contribution in [0.15, 0.2) is 11.4 Å². The van der Waals surface area contributed by atoms with Crippen LogP contribution < -0.4 is 0 Å². The average molecular weight is 316 g/mol. The van der Waals surface area contributed by atoms with Crippen LogP contribution in [0.25, 0.3) is 0 Å². The fourth-order valence-corrected chi connectivity index (χ4v) is 4.13. The minimum atomic E-state index is -1.35. The van der Waals surface area contributed by atoms with Gasteiger partial charge in [0.1, 0.15) is 15.7 Å². The van der Waals surface area contributed by atoms with E-state index in [4.69, 9.17) is 11.6 Å². The van der Waals surface area contributed by atoms with E-state index in [2.05, 4.69) is 0 Å². The van der Waals surface area contributed by atoms with Gasteiger partial charge in [0.05, 0.1) is 5.02 Å². The van der Waals surface area contributed by atoms with Crippen LogP contribution in [0.4, 0.5) is 0 Å². The van der Waals surface area contributed by atoms with Crippen LogP contribution in [0.3, 0.4) is 0 Å². The third-order valence-corrected chi connectivity index (χ3v) is 5.56. The maximum Gasteiger partial charge on any atom is 0.312 e. The number of hydrogen-bond donors (Lipinski definition) is 2. The first-order valence-corrected chi connectivity index (χ1v) is 7.09. The summed E-state index contributed by atoms with van der Waals surface area (Å²) in [7, 11) is 0. The van der Waals surface area contributed by atoms with E-state index >= 15 is 0 Å². The number of piperidine rings is 1. The van der Waals surface area contributed by atoms with Crippen molar-refractivity contribution in [1.82, 2.24) is 4.90 Å². The van der Waals surface area contributed by atoms with Crippen LogP contribution in [-0.2, 0) is 9.59 Å². The molecule has 1 amide bonds. The normalized spacial score (nSPS) is 30.9. The third-order valence-electron chi connectivity index (χ3n) is 4.23. The number of carbonyl (C=O) groups excluding carboxylic acids is 1.